The maximum Gasteiger partial charge on any atom is 0.462 e. The van der Waals surface area contributed by atoms with Crippen LogP contribution in [0.25, 0.3) is 0 Å². The number of hydrogen-bond acceptors (Lipinski definition) is 7. The highest BCUT2D eigenvalue weighted by molar-refractivity contribution is 6.30. The fraction of sp³-hybridized carbons (Fsp3) is 0.143. The molecule has 0 aromatic carbocycles. The third-order valence-corrected chi connectivity index (χ3v) is 1.40. The number of ether oxygens (including phenoxy) is 1. The summed E-state index contributed by atoms with van der Waals surface area (Å²) in [6, 6.07) is 0. The van der Waals surface area contributed by atoms with Crippen LogP contribution in [0.1, 0.15) is 0 Å². The molecule has 0 aliphatic carbocycles. The number of carbonyl (C=O) groups excluding carboxylic acids is 3. The van der Waals surface area contributed by atoms with Gasteiger partial charge in [0.2, 0.25) is 6.10 Å². The highest BCUT2D eigenvalue weighted by Gasteiger charge is 2.39. The highest BCUT2D eigenvalue weighted by Crippen LogP contribution is 2.11. The second-order valence-corrected chi connectivity index (χ2v) is 2.39. The molecule has 15 heavy (non-hydrogen) atoms. The Kier molecular flexibility index (Phi) is 2.70. The zero-order chi connectivity index (χ0) is 11.6. The van der Waals surface area contributed by atoms with E-state index in [0.29, 0.717) is 0 Å². The summed E-state index contributed by atoms with van der Waals surface area (Å²) in [4.78, 5) is 50.2. The van der Waals surface area contributed by atoms with Crippen molar-refractivity contribution in [2.75, 3.05) is 0 Å². The van der Waals surface area contributed by atoms with E-state index in [9.17, 15) is 19.2 Å². The predicted octanol–water partition coefficient (Wildman–Crippen LogP) is -1.45. The molecule has 80 valence electrons. The van der Waals surface area contributed by atoms with E-state index in [4.69, 9.17) is 5.11 Å². The normalized spacial score (nSPS) is 20.8. The van der Waals surface area contributed by atoms with E-state index in [0.717, 1.165) is 0 Å². The first-order valence-corrected chi connectivity index (χ1v) is 3.49. The van der Waals surface area contributed by atoms with E-state index in [2.05, 4.69) is 21.1 Å². The van der Waals surface area contributed by atoms with Crippen molar-refractivity contribution >= 4 is 23.9 Å². The first-order chi connectivity index (χ1) is 6.93. The van der Waals surface area contributed by atoms with Crippen molar-refractivity contribution in [1.29, 1.82) is 0 Å². The van der Waals surface area contributed by atoms with Crippen molar-refractivity contribution in [1.82, 2.24) is 0 Å². The SMILES string of the molecule is C=C(C(=O)O)C1OC(=O)C(=O)OOC1=O. The molecule has 0 amide bonds. The number of hydrogen-bond donors (Lipinski definition) is 1. The van der Waals surface area contributed by atoms with Crippen LogP contribution in [-0.4, -0.2) is 35.1 Å². The summed E-state index contributed by atoms with van der Waals surface area (Å²) < 4.78 is 4.19. The number of cyclic esters (lactones) is 1. The van der Waals surface area contributed by atoms with Crippen LogP contribution < -0.4 is 0 Å². The summed E-state index contributed by atoms with van der Waals surface area (Å²) in [5, 5.41) is 8.47. The summed E-state index contributed by atoms with van der Waals surface area (Å²) in [6.07, 6.45) is -1.89. The van der Waals surface area contributed by atoms with Gasteiger partial charge >= 0.3 is 23.9 Å². The molecule has 0 spiro atoms. The first kappa shape index (κ1) is 10.7. The van der Waals surface area contributed by atoms with Crippen molar-refractivity contribution in [3.63, 3.8) is 0 Å². The van der Waals surface area contributed by atoms with Crippen LogP contribution in [-0.2, 0) is 33.7 Å². The van der Waals surface area contributed by atoms with E-state index >= 15 is 0 Å². The Morgan fingerprint density at radius 2 is 1.80 bits per heavy atom. The van der Waals surface area contributed by atoms with Crippen LogP contribution in [0.3, 0.4) is 0 Å². The number of esters is 1. The van der Waals surface area contributed by atoms with E-state index in [-0.39, 0.29) is 0 Å². The molecule has 0 bridgehead atoms. The minimum atomic E-state index is -1.89. The van der Waals surface area contributed by atoms with Crippen LogP contribution in [0, 0.1) is 0 Å². The largest absolute Gasteiger partial charge is 0.478 e. The lowest BCUT2D eigenvalue weighted by molar-refractivity contribution is -0.254. The second kappa shape index (κ2) is 3.78. The molecular formula is C7H4O8. The maximum absolute atomic E-state index is 11.0. The zero-order valence-electron chi connectivity index (χ0n) is 7.09. The average molecular weight is 216 g/mol. The lowest BCUT2D eigenvalue weighted by atomic mass is 10.2. The predicted molar refractivity (Wildman–Crippen MR) is 38.8 cm³/mol. The Bertz CT molecular complexity index is 367. The topological polar surface area (TPSA) is 116 Å². The number of carboxylic acid groups (broad SMARTS) is 1. The van der Waals surface area contributed by atoms with Crippen molar-refractivity contribution in [3.8, 4) is 0 Å². The molecule has 1 aliphatic heterocycles. The summed E-state index contributed by atoms with van der Waals surface area (Å²) in [5.74, 6) is -6.00. The van der Waals surface area contributed by atoms with Gasteiger partial charge in [-0.1, -0.05) is 6.58 Å². The number of carbonyl (C=O) groups is 4. The maximum atomic E-state index is 11.0. The molecule has 0 aromatic heterocycles. The van der Waals surface area contributed by atoms with Crippen molar-refractivity contribution in [3.05, 3.63) is 12.2 Å². The fourth-order valence-corrected chi connectivity index (χ4v) is 0.685. The molecule has 8 heteroatoms. The quantitative estimate of drug-likeness (QED) is 0.258. The Morgan fingerprint density at radius 1 is 1.20 bits per heavy atom. The van der Waals surface area contributed by atoms with Gasteiger partial charge < -0.3 is 9.84 Å². The summed E-state index contributed by atoms with van der Waals surface area (Å²) >= 11 is 0. The molecular weight excluding hydrogens is 212 g/mol. The first-order valence-electron chi connectivity index (χ1n) is 3.49. The standard InChI is InChI=1S/C7H4O8/c1-2(4(8)9)3-5(10)14-15-7(12)6(11)13-3/h3H,1H2,(H,8,9). The molecule has 0 radical (unpaired) electrons. The minimum Gasteiger partial charge on any atom is -0.478 e. The van der Waals surface area contributed by atoms with Gasteiger partial charge in [-0.25, -0.2) is 29.0 Å². The van der Waals surface area contributed by atoms with Gasteiger partial charge in [0.05, 0.1) is 5.57 Å². The van der Waals surface area contributed by atoms with Crippen molar-refractivity contribution in [2.24, 2.45) is 0 Å². The Morgan fingerprint density at radius 3 is 2.33 bits per heavy atom. The molecule has 1 rings (SSSR count). The molecule has 0 aromatic rings. The van der Waals surface area contributed by atoms with Crippen LogP contribution in [0.2, 0.25) is 0 Å². The van der Waals surface area contributed by atoms with Gasteiger partial charge in [0.25, 0.3) is 0 Å². The molecule has 1 unspecified atom stereocenters. The van der Waals surface area contributed by atoms with Crippen LogP contribution in [0.4, 0.5) is 0 Å². The van der Waals surface area contributed by atoms with Gasteiger partial charge in [-0.05, 0) is 0 Å². The Hall–Kier alpha value is -2.38. The molecule has 1 fully saturated rings. The molecule has 1 saturated heterocycles. The monoisotopic (exact) mass is 216 g/mol. The smallest absolute Gasteiger partial charge is 0.462 e. The zero-order valence-corrected chi connectivity index (χ0v) is 7.09. The van der Waals surface area contributed by atoms with Gasteiger partial charge in [0.15, 0.2) is 0 Å². The molecule has 1 atom stereocenters. The lowest BCUT2D eigenvalue weighted by Gasteiger charge is -2.09. The van der Waals surface area contributed by atoms with Gasteiger partial charge in [0, 0.05) is 0 Å². The van der Waals surface area contributed by atoms with Gasteiger partial charge in [-0.3, -0.25) is 0 Å². The Labute approximate surface area is 81.9 Å². The number of aliphatic carboxylic acids is 1. The molecule has 1 aliphatic rings. The third-order valence-electron chi connectivity index (χ3n) is 1.40. The molecule has 1 heterocycles. The van der Waals surface area contributed by atoms with Gasteiger partial charge in [0.1, 0.15) is 0 Å². The average Bonchev–Trinajstić information content (AvgIpc) is 2.30. The molecule has 0 saturated carbocycles. The number of rotatable bonds is 2. The molecule has 8 nitrogen and oxygen atoms in total. The van der Waals surface area contributed by atoms with Gasteiger partial charge in [-0.2, -0.15) is 0 Å². The van der Waals surface area contributed by atoms with Crippen molar-refractivity contribution < 1.29 is 38.8 Å². The number of carboxylic acids is 1. The van der Waals surface area contributed by atoms with Crippen LogP contribution >= 0.6 is 0 Å². The third kappa shape index (κ3) is 2.10. The van der Waals surface area contributed by atoms with E-state index < -0.39 is 35.6 Å². The second-order valence-electron chi connectivity index (χ2n) is 2.39. The summed E-state index contributed by atoms with van der Waals surface area (Å²) in [6.45, 7) is 2.98. The van der Waals surface area contributed by atoms with E-state index in [1.165, 1.54) is 0 Å². The van der Waals surface area contributed by atoms with E-state index in [1.807, 2.05) is 0 Å². The van der Waals surface area contributed by atoms with Crippen molar-refractivity contribution in [2.45, 2.75) is 6.10 Å². The minimum absolute atomic E-state index is 0.744. The summed E-state index contributed by atoms with van der Waals surface area (Å²) in [5.41, 5.74) is -0.744. The fourth-order valence-electron chi connectivity index (χ4n) is 0.685. The van der Waals surface area contributed by atoms with Crippen LogP contribution in [0.5, 0.6) is 0 Å². The van der Waals surface area contributed by atoms with Crippen LogP contribution in [0.15, 0.2) is 12.2 Å². The molecule has 1 N–H and O–H groups in total. The van der Waals surface area contributed by atoms with Gasteiger partial charge in [-0.15, -0.1) is 0 Å². The Balaban J connectivity index is 2.92. The highest BCUT2D eigenvalue weighted by atomic mass is 17.2. The summed E-state index contributed by atoms with van der Waals surface area (Å²) in [7, 11) is 0. The lowest BCUT2D eigenvalue weighted by Crippen LogP contribution is -2.31. The van der Waals surface area contributed by atoms with E-state index in [1.54, 1.807) is 0 Å².